The second kappa shape index (κ2) is 4.33. The molecule has 1 unspecified atom stereocenters. The van der Waals surface area contributed by atoms with Crippen LogP contribution in [0, 0.1) is 0 Å². The van der Waals surface area contributed by atoms with E-state index in [0.29, 0.717) is 0 Å². The van der Waals surface area contributed by atoms with Gasteiger partial charge in [0.05, 0.1) is 5.75 Å². The van der Waals surface area contributed by atoms with Gasteiger partial charge in [0.15, 0.2) is 0 Å². The van der Waals surface area contributed by atoms with Gasteiger partial charge in [-0.3, -0.25) is 9.11 Å². The van der Waals surface area contributed by atoms with Gasteiger partial charge in [-0.1, -0.05) is 0 Å². The summed E-state index contributed by atoms with van der Waals surface area (Å²) in [7, 11) is -8.42. The van der Waals surface area contributed by atoms with Crippen LogP contribution in [0.2, 0.25) is 0 Å². The summed E-state index contributed by atoms with van der Waals surface area (Å²) in [4.78, 5) is 0. The summed E-state index contributed by atoms with van der Waals surface area (Å²) in [6.07, 6.45) is -0.349. The molecule has 4 N–H and O–H groups in total. The number of nitrogens with two attached hydrogens (primary N) is 1. The molecule has 0 aliphatic carbocycles. The zero-order valence-electron chi connectivity index (χ0n) is 6.62. The fraction of sp³-hybridized carbons (Fsp3) is 1.00. The minimum Gasteiger partial charge on any atom is -0.313 e. The van der Waals surface area contributed by atoms with Crippen molar-refractivity contribution in [1.29, 1.82) is 0 Å². The third-order valence-corrected chi connectivity index (χ3v) is 3.08. The van der Waals surface area contributed by atoms with Crippen molar-refractivity contribution in [2.75, 3.05) is 5.75 Å². The molecule has 0 aromatic rings. The SMILES string of the molecule is NC(CCCS(=O)(=O)O)S(=O)(=O)O. The van der Waals surface area contributed by atoms with E-state index < -0.39 is 31.4 Å². The topological polar surface area (TPSA) is 135 Å². The fourth-order valence-corrected chi connectivity index (χ4v) is 1.61. The van der Waals surface area contributed by atoms with Crippen LogP contribution in [0.3, 0.4) is 0 Å². The number of rotatable bonds is 5. The van der Waals surface area contributed by atoms with E-state index in [-0.39, 0.29) is 12.8 Å². The lowest BCUT2D eigenvalue weighted by atomic mass is 10.3. The minimum absolute atomic E-state index is 0.125. The van der Waals surface area contributed by atoms with Crippen LogP contribution in [-0.2, 0) is 20.2 Å². The van der Waals surface area contributed by atoms with Gasteiger partial charge >= 0.3 is 0 Å². The first-order valence-corrected chi connectivity index (χ1v) is 6.41. The average Bonchev–Trinajstić information content (AvgIpc) is 1.82. The molecule has 9 heteroatoms. The molecule has 1 atom stereocenters. The highest BCUT2D eigenvalue weighted by atomic mass is 32.2. The molecule has 0 spiro atoms. The molecule has 0 saturated carbocycles. The van der Waals surface area contributed by atoms with Crippen molar-refractivity contribution in [2.45, 2.75) is 18.2 Å². The zero-order chi connectivity index (χ0) is 10.7. The Morgan fingerprint density at radius 2 is 1.62 bits per heavy atom. The molecule has 0 bridgehead atoms. The van der Waals surface area contributed by atoms with Crippen molar-refractivity contribution in [1.82, 2.24) is 0 Å². The summed E-state index contributed by atoms with van der Waals surface area (Å²) in [5.41, 5.74) is 4.97. The van der Waals surface area contributed by atoms with Crippen molar-refractivity contribution in [3.8, 4) is 0 Å². The maximum atomic E-state index is 10.3. The Kier molecular flexibility index (Phi) is 4.26. The van der Waals surface area contributed by atoms with Crippen LogP contribution in [0.15, 0.2) is 0 Å². The van der Waals surface area contributed by atoms with E-state index in [4.69, 9.17) is 14.8 Å². The minimum atomic E-state index is -4.32. The maximum Gasteiger partial charge on any atom is 0.280 e. The Morgan fingerprint density at radius 3 is 1.92 bits per heavy atom. The summed E-state index contributed by atoms with van der Waals surface area (Å²) in [6, 6.07) is 0. The van der Waals surface area contributed by atoms with Gasteiger partial charge in [-0.2, -0.15) is 16.8 Å². The van der Waals surface area contributed by atoms with Gasteiger partial charge in [0.1, 0.15) is 5.37 Å². The third-order valence-electron chi connectivity index (χ3n) is 1.27. The Balaban J connectivity index is 3.94. The lowest BCUT2D eigenvalue weighted by molar-refractivity contribution is 0.457. The first-order chi connectivity index (χ1) is 5.63. The van der Waals surface area contributed by atoms with Crippen molar-refractivity contribution in [3.63, 3.8) is 0 Å². The summed E-state index contributed by atoms with van der Waals surface area (Å²) in [5.74, 6) is -0.573. The number of hydrogen-bond acceptors (Lipinski definition) is 5. The zero-order valence-corrected chi connectivity index (χ0v) is 8.25. The van der Waals surface area contributed by atoms with Crippen LogP contribution < -0.4 is 5.73 Å². The van der Waals surface area contributed by atoms with Gasteiger partial charge in [0.25, 0.3) is 20.2 Å². The van der Waals surface area contributed by atoms with Crippen LogP contribution in [0.4, 0.5) is 0 Å². The summed E-state index contributed by atoms with van der Waals surface area (Å²) in [6.45, 7) is 0. The van der Waals surface area contributed by atoms with Gasteiger partial charge in [0.2, 0.25) is 0 Å². The summed E-state index contributed by atoms with van der Waals surface area (Å²) in [5, 5.41) is -1.51. The molecule has 13 heavy (non-hydrogen) atoms. The van der Waals surface area contributed by atoms with E-state index in [9.17, 15) is 16.8 Å². The smallest absolute Gasteiger partial charge is 0.280 e. The third kappa shape index (κ3) is 6.90. The average molecular weight is 233 g/mol. The van der Waals surface area contributed by atoms with Gasteiger partial charge in [-0.05, 0) is 12.8 Å². The molecule has 0 saturated heterocycles. The molecular formula is C4H11NO6S2. The Morgan fingerprint density at radius 1 is 1.15 bits per heavy atom. The lowest BCUT2D eigenvalue weighted by Gasteiger charge is -2.05. The van der Waals surface area contributed by atoms with Crippen LogP contribution >= 0.6 is 0 Å². The van der Waals surface area contributed by atoms with E-state index in [1.807, 2.05) is 0 Å². The highest BCUT2D eigenvalue weighted by Gasteiger charge is 2.18. The molecule has 0 aromatic carbocycles. The quantitative estimate of drug-likeness (QED) is 0.509. The monoisotopic (exact) mass is 233 g/mol. The maximum absolute atomic E-state index is 10.3. The van der Waals surface area contributed by atoms with Crippen molar-refractivity contribution in [2.24, 2.45) is 5.73 Å². The van der Waals surface area contributed by atoms with E-state index >= 15 is 0 Å². The fourth-order valence-electron chi connectivity index (χ4n) is 0.616. The molecule has 0 heterocycles. The normalized spacial score (nSPS) is 15.6. The van der Waals surface area contributed by atoms with Crippen molar-refractivity contribution in [3.05, 3.63) is 0 Å². The lowest BCUT2D eigenvalue weighted by Crippen LogP contribution is -2.30. The van der Waals surface area contributed by atoms with E-state index in [0.717, 1.165) is 0 Å². The highest BCUT2D eigenvalue weighted by molar-refractivity contribution is 7.86. The Hall–Kier alpha value is -0.220. The second-order valence-electron chi connectivity index (χ2n) is 2.48. The Bertz CT molecular complexity index is 343. The van der Waals surface area contributed by atoms with Gasteiger partial charge in [-0.25, -0.2) is 0 Å². The van der Waals surface area contributed by atoms with Crippen LogP contribution in [-0.4, -0.2) is 37.1 Å². The van der Waals surface area contributed by atoms with E-state index in [1.165, 1.54) is 0 Å². The van der Waals surface area contributed by atoms with Crippen molar-refractivity contribution < 1.29 is 25.9 Å². The first-order valence-electron chi connectivity index (χ1n) is 3.30. The van der Waals surface area contributed by atoms with Gasteiger partial charge < -0.3 is 5.73 Å². The Labute approximate surface area is 76.4 Å². The van der Waals surface area contributed by atoms with Gasteiger partial charge in [0, 0.05) is 0 Å². The molecule has 0 amide bonds. The molecule has 0 aliphatic rings. The molecule has 80 valence electrons. The van der Waals surface area contributed by atoms with Crippen LogP contribution in [0.5, 0.6) is 0 Å². The molecule has 7 nitrogen and oxygen atoms in total. The molecule has 0 fully saturated rings. The molecule has 0 radical (unpaired) electrons. The molecule has 0 aromatic heterocycles. The predicted octanol–water partition coefficient (Wildman–Crippen LogP) is -1.17. The molecular weight excluding hydrogens is 222 g/mol. The molecule has 0 aliphatic heterocycles. The van der Waals surface area contributed by atoms with Crippen LogP contribution in [0.25, 0.3) is 0 Å². The van der Waals surface area contributed by atoms with Crippen LogP contribution in [0.1, 0.15) is 12.8 Å². The number of hydrogen-bond donors (Lipinski definition) is 3. The second-order valence-corrected chi connectivity index (χ2v) is 5.69. The molecule has 0 rings (SSSR count). The summed E-state index contributed by atoms with van der Waals surface area (Å²) < 4.78 is 57.5. The van der Waals surface area contributed by atoms with E-state index in [2.05, 4.69) is 0 Å². The highest BCUT2D eigenvalue weighted by Crippen LogP contribution is 2.02. The first kappa shape index (κ1) is 12.8. The van der Waals surface area contributed by atoms with Gasteiger partial charge in [-0.15, -0.1) is 0 Å². The summed E-state index contributed by atoms with van der Waals surface area (Å²) >= 11 is 0. The predicted molar refractivity (Wildman–Crippen MR) is 45.2 cm³/mol. The van der Waals surface area contributed by atoms with E-state index in [1.54, 1.807) is 0 Å². The van der Waals surface area contributed by atoms with Crippen molar-refractivity contribution >= 4 is 20.2 Å². The standard InChI is InChI=1S/C4H11NO6S2/c5-4(13(9,10)11)2-1-3-12(6,7)8/h4H,1-3,5H2,(H,6,7,8)(H,9,10,11). The largest absolute Gasteiger partial charge is 0.313 e.